The predicted molar refractivity (Wildman–Crippen MR) is 67.3 cm³/mol. The standard InChI is InChI=1S/C13H24N2O/c1-14-13(16)8-5-10-15-11-9-12-6-3-2-4-7-12/h6,15H,2-5,7-11H2,1H3,(H,14,16). The van der Waals surface area contributed by atoms with Gasteiger partial charge < -0.3 is 10.6 Å². The van der Waals surface area contributed by atoms with Gasteiger partial charge in [-0.1, -0.05) is 11.6 Å². The zero-order chi connectivity index (χ0) is 11.6. The van der Waals surface area contributed by atoms with Crippen molar-refractivity contribution < 1.29 is 4.79 Å². The minimum absolute atomic E-state index is 0.136. The Balaban J connectivity index is 1.91. The van der Waals surface area contributed by atoms with Gasteiger partial charge in [0.25, 0.3) is 0 Å². The van der Waals surface area contributed by atoms with Gasteiger partial charge in [-0.25, -0.2) is 0 Å². The topological polar surface area (TPSA) is 41.1 Å². The molecule has 0 aliphatic heterocycles. The molecule has 0 radical (unpaired) electrons. The molecule has 0 aromatic heterocycles. The number of hydrogen-bond donors (Lipinski definition) is 2. The Hall–Kier alpha value is -0.830. The quantitative estimate of drug-likeness (QED) is 0.513. The van der Waals surface area contributed by atoms with Gasteiger partial charge in [-0.3, -0.25) is 4.79 Å². The van der Waals surface area contributed by atoms with Gasteiger partial charge in [-0.2, -0.15) is 0 Å². The fraction of sp³-hybridized carbons (Fsp3) is 0.769. The van der Waals surface area contributed by atoms with Crippen LogP contribution < -0.4 is 10.6 Å². The first-order chi connectivity index (χ1) is 7.83. The normalized spacial score (nSPS) is 15.7. The largest absolute Gasteiger partial charge is 0.359 e. The van der Waals surface area contributed by atoms with Crippen molar-refractivity contribution in [3.05, 3.63) is 11.6 Å². The number of hydrogen-bond acceptors (Lipinski definition) is 2. The van der Waals surface area contributed by atoms with E-state index in [9.17, 15) is 4.79 Å². The van der Waals surface area contributed by atoms with Gasteiger partial charge in [0, 0.05) is 13.5 Å². The molecule has 3 nitrogen and oxygen atoms in total. The summed E-state index contributed by atoms with van der Waals surface area (Å²) in [5.41, 5.74) is 1.62. The van der Waals surface area contributed by atoms with Crippen molar-refractivity contribution in [2.75, 3.05) is 20.1 Å². The van der Waals surface area contributed by atoms with Crippen molar-refractivity contribution in [2.24, 2.45) is 0 Å². The van der Waals surface area contributed by atoms with Crippen LogP contribution in [0.25, 0.3) is 0 Å². The molecule has 1 aliphatic carbocycles. The van der Waals surface area contributed by atoms with Crippen LogP contribution in [0.4, 0.5) is 0 Å². The maximum Gasteiger partial charge on any atom is 0.219 e. The van der Waals surface area contributed by atoms with Crippen molar-refractivity contribution in [3.63, 3.8) is 0 Å². The molecule has 0 fully saturated rings. The van der Waals surface area contributed by atoms with E-state index in [-0.39, 0.29) is 5.91 Å². The lowest BCUT2D eigenvalue weighted by Gasteiger charge is -2.12. The third kappa shape index (κ3) is 5.91. The summed E-state index contributed by atoms with van der Waals surface area (Å²) in [4.78, 5) is 10.9. The minimum atomic E-state index is 0.136. The summed E-state index contributed by atoms with van der Waals surface area (Å²) in [6.45, 7) is 2.00. The Labute approximate surface area is 98.7 Å². The average Bonchev–Trinajstić information content (AvgIpc) is 2.34. The lowest BCUT2D eigenvalue weighted by atomic mass is 9.97. The molecule has 0 heterocycles. The van der Waals surface area contributed by atoms with Crippen LogP contribution in [0.5, 0.6) is 0 Å². The van der Waals surface area contributed by atoms with E-state index in [1.54, 1.807) is 12.6 Å². The second-order valence-corrected chi connectivity index (χ2v) is 4.38. The van der Waals surface area contributed by atoms with Gasteiger partial charge in [0.05, 0.1) is 0 Å². The molecule has 0 bridgehead atoms. The van der Waals surface area contributed by atoms with Gasteiger partial charge in [-0.05, 0) is 51.6 Å². The van der Waals surface area contributed by atoms with Crippen molar-refractivity contribution in [2.45, 2.75) is 44.9 Å². The minimum Gasteiger partial charge on any atom is -0.359 e. The zero-order valence-electron chi connectivity index (χ0n) is 10.3. The number of carbonyl (C=O) groups is 1. The maximum absolute atomic E-state index is 10.9. The Morgan fingerprint density at radius 2 is 2.25 bits per heavy atom. The highest BCUT2D eigenvalue weighted by Crippen LogP contribution is 2.19. The maximum atomic E-state index is 10.9. The highest BCUT2D eigenvalue weighted by Gasteiger charge is 2.02. The lowest BCUT2D eigenvalue weighted by Crippen LogP contribution is -2.22. The molecule has 0 saturated carbocycles. The van der Waals surface area contributed by atoms with E-state index in [1.807, 2.05) is 0 Å². The number of rotatable bonds is 7. The van der Waals surface area contributed by atoms with E-state index in [0.29, 0.717) is 6.42 Å². The lowest BCUT2D eigenvalue weighted by molar-refractivity contribution is -0.120. The van der Waals surface area contributed by atoms with E-state index in [2.05, 4.69) is 16.7 Å². The summed E-state index contributed by atoms with van der Waals surface area (Å²) < 4.78 is 0. The molecule has 3 heteroatoms. The van der Waals surface area contributed by atoms with Gasteiger partial charge in [0.1, 0.15) is 0 Å². The molecule has 0 unspecified atom stereocenters. The molecule has 1 aliphatic rings. The molecule has 0 aromatic rings. The molecule has 0 aromatic carbocycles. The van der Waals surface area contributed by atoms with Crippen LogP contribution in [0.15, 0.2) is 11.6 Å². The number of carbonyl (C=O) groups excluding carboxylic acids is 1. The fourth-order valence-corrected chi connectivity index (χ4v) is 2.00. The highest BCUT2D eigenvalue weighted by molar-refractivity contribution is 5.75. The molecule has 0 spiro atoms. The van der Waals surface area contributed by atoms with Gasteiger partial charge in [0.2, 0.25) is 5.91 Å². The first-order valence-corrected chi connectivity index (χ1v) is 6.42. The van der Waals surface area contributed by atoms with Crippen molar-refractivity contribution >= 4 is 5.91 Å². The molecule has 2 N–H and O–H groups in total. The Bertz CT molecular complexity index is 236. The summed E-state index contributed by atoms with van der Waals surface area (Å²) in [7, 11) is 1.69. The number of nitrogens with one attached hydrogen (secondary N) is 2. The molecule has 0 saturated heterocycles. The van der Waals surface area contributed by atoms with E-state index in [4.69, 9.17) is 0 Å². The molecule has 1 amide bonds. The SMILES string of the molecule is CNC(=O)CCCNCCC1=CCCCC1. The van der Waals surface area contributed by atoms with Crippen LogP contribution in [0.2, 0.25) is 0 Å². The van der Waals surface area contributed by atoms with Crippen LogP contribution in [0.3, 0.4) is 0 Å². The Morgan fingerprint density at radius 1 is 1.38 bits per heavy atom. The second-order valence-electron chi connectivity index (χ2n) is 4.38. The Morgan fingerprint density at radius 3 is 2.94 bits per heavy atom. The molecule has 92 valence electrons. The number of amides is 1. The third-order valence-corrected chi connectivity index (χ3v) is 3.04. The van der Waals surface area contributed by atoms with Crippen LogP contribution in [-0.2, 0) is 4.79 Å². The van der Waals surface area contributed by atoms with Gasteiger partial charge in [-0.15, -0.1) is 0 Å². The molecule has 1 rings (SSSR count). The smallest absolute Gasteiger partial charge is 0.219 e. The first-order valence-electron chi connectivity index (χ1n) is 6.42. The van der Waals surface area contributed by atoms with Crippen LogP contribution in [0.1, 0.15) is 44.9 Å². The van der Waals surface area contributed by atoms with E-state index in [1.165, 1.54) is 32.1 Å². The second kappa shape index (κ2) is 8.34. The summed E-state index contributed by atoms with van der Waals surface area (Å²) in [5, 5.41) is 6.02. The highest BCUT2D eigenvalue weighted by atomic mass is 16.1. The summed E-state index contributed by atoms with van der Waals surface area (Å²) in [6, 6.07) is 0. The van der Waals surface area contributed by atoms with Gasteiger partial charge in [0.15, 0.2) is 0 Å². The van der Waals surface area contributed by atoms with Crippen LogP contribution in [-0.4, -0.2) is 26.0 Å². The monoisotopic (exact) mass is 224 g/mol. The van der Waals surface area contributed by atoms with Crippen molar-refractivity contribution in [1.29, 1.82) is 0 Å². The van der Waals surface area contributed by atoms with Crippen molar-refractivity contribution in [3.8, 4) is 0 Å². The summed E-state index contributed by atoms with van der Waals surface area (Å²) >= 11 is 0. The predicted octanol–water partition coefficient (Wildman–Crippen LogP) is 1.99. The van der Waals surface area contributed by atoms with E-state index in [0.717, 1.165) is 19.5 Å². The van der Waals surface area contributed by atoms with Crippen LogP contribution in [0, 0.1) is 0 Å². The summed E-state index contributed by atoms with van der Waals surface area (Å²) in [5.74, 6) is 0.136. The summed E-state index contributed by atoms with van der Waals surface area (Å²) in [6.07, 6.45) is 10.4. The first kappa shape index (κ1) is 13.2. The molecule has 0 atom stereocenters. The Kier molecular flexibility index (Phi) is 6.90. The molecular weight excluding hydrogens is 200 g/mol. The fourth-order valence-electron chi connectivity index (χ4n) is 2.00. The third-order valence-electron chi connectivity index (χ3n) is 3.04. The zero-order valence-corrected chi connectivity index (χ0v) is 10.3. The van der Waals surface area contributed by atoms with E-state index >= 15 is 0 Å². The van der Waals surface area contributed by atoms with Crippen LogP contribution >= 0.6 is 0 Å². The number of allylic oxidation sites excluding steroid dienone is 1. The molecular formula is C13H24N2O. The average molecular weight is 224 g/mol. The van der Waals surface area contributed by atoms with Crippen molar-refractivity contribution in [1.82, 2.24) is 10.6 Å². The van der Waals surface area contributed by atoms with Gasteiger partial charge >= 0.3 is 0 Å². The van der Waals surface area contributed by atoms with E-state index < -0.39 is 0 Å². The molecule has 16 heavy (non-hydrogen) atoms.